The predicted molar refractivity (Wildman–Crippen MR) is 78.5 cm³/mol. The number of nitrogens with two attached hydrogens (primary N) is 1. The van der Waals surface area contributed by atoms with E-state index in [1.165, 1.54) is 19.2 Å². The van der Waals surface area contributed by atoms with Crippen LogP contribution in [0.4, 0.5) is 4.39 Å². The van der Waals surface area contributed by atoms with Crippen LogP contribution in [-0.2, 0) is 0 Å². The molecule has 3 aromatic rings. The lowest BCUT2D eigenvalue weighted by atomic mass is 9.98. The second-order valence-electron chi connectivity index (χ2n) is 4.67. The van der Waals surface area contributed by atoms with Gasteiger partial charge >= 0.3 is 0 Å². The van der Waals surface area contributed by atoms with Gasteiger partial charge in [0.2, 0.25) is 0 Å². The van der Waals surface area contributed by atoms with E-state index in [9.17, 15) is 4.39 Å². The van der Waals surface area contributed by atoms with Crippen molar-refractivity contribution in [2.45, 2.75) is 6.04 Å². The van der Waals surface area contributed by atoms with Crippen molar-refractivity contribution in [3.63, 3.8) is 0 Å². The Morgan fingerprint density at radius 2 is 1.81 bits per heavy atom. The number of fused-ring (bicyclic) bond motifs is 1. The highest BCUT2D eigenvalue weighted by molar-refractivity contribution is 5.74. The van der Waals surface area contributed by atoms with Crippen LogP contribution >= 0.6 is 0 Å². The molecule has 0 amide bonds. The third kappa shape index (κ3) is 2.55. The van der Waals surface area contributed by atoms with Crippen molar-refractivity contribution >= 4 is 11.0 Å². The molecule has 5 heteroatoms. The minimum absolute atomic E-state index is 0.346. The Balaban J connectivity index is 2.07. The second kappa shape index (κ2) is 5.46. The van der Waals surface area contributed by atoms with Crippen LogP contribution in [0, 0.1) is 5.82 Å². The summed E-state index contributed by atoms with van der Waals surface area (Å²) < 4.78 is 18.7. The number of ether oxygens (including phenoxy) is 1. The van der Waals surface area contributed by atoms with Crippen LogP contribution < -0.4 is 10.5 Å². The molecule has 4 nitrogen and oxygen atoms in total. The largest absolute Gasteiger partial charge is 0.496 e. The average molecular weight is 283 g/mol. The SMILES string of the molecule is COc1ccc(F)cc1C(N)c1ccc2nccnc2c1. The molecule has 0 bridgehead atoms. The van der Waals surface area contributed by atoms with Crippen LogP contribution in [0.3, 0.4) is 0 Å². The van der Waals surface area contributed by atoms with E-state index in [0.29, 0.717) is 11.3 Å². The van der Waals surface area contributed by atoms with Crippen LogP contribution in [0.2, 0.25) is 0 Å². The van der Waals surface area contributed by atoms with Crippen molar-refractivity contribution in [3.05, 3.63) is 65.7 Å². The summed E-state index contributed by atoms with van der Waals surface area (Å²) in [5.41, 5.74) is 9.22. The Hall–Kier alpha value is -2.53. The van der Waals surface area contributed by atoms with Gasteiger partial charge in [-0.05, 0) is 35.9 Å². The topological polar surface area (TPSA) is 61.0 Å². The zero-order valence-electron chi connectivity index (χ0n) is 11.5. The lowest BCUT2D eigenvalue weighted by Gasteiger charge is -2.16. The quantitative estimate of drug-likeness (QED) is 0.803. The summed E-state index contributed by atoms with van der Waals surface area (Å²) in [6.07, 6.45) is 3.26. The van der Waals surface area contributed by atoms with Gasteiger partial charge in [-0.25, -0.2) is 4.39 Å². The zero-order chi connectivity index (χ0) is 14.8. The first-order valence-electron chi connectivity index (χ1n) is 6.49. The van der Waals surface area contributed by atoms with Gasteiger partial charge in [-0.1, -0.05) is 6.07 Å². The Morgan fingerprint density at radius 1 is 1.05 bits per heavy atom. The molecule has 1 unspecified atom stereocenters. The van der Waals surface area contributed by atoms with Crippen LogP contribution in [0.15, 0.2) is 48.8 Å². The third-order valence-electron chi connectivity index (χ3n) is 3.38. The fraction of sp³-hybridized carbons (Fsp3) is 0.125. The monoisotopic (exact) mass is 283 g/mol. The van der Waals surface area contributed by atoms with Crippen LogP contribution in [0.25, 0.3) is 11.0 Å². The summed E-state index contributed by atoms with van der Waals surface area (Å²) in [4.78, 5) is 8.47. The van der Waals surface area contributed by atoms with Crippen LogP contribution in [0.1, 0.15) is 17.2 Å². The van der Waals surface area contributed by atoms with Gasteiger partial charge in [0.15, 0.2) is 0 Å². The lowest BCUT2D eigenvalue weighted by Crippen LogP contribution is -2.13. The van der Waals surface area contributed by atoms with Gasteiger partial charge in [-0.3, -0.25) is 9.97 Å². The maximum Gasteiger partial charge on any atom is 0.124 e. The van der Waals surface area contributed by atoms with Crippen LogP contribution in [-0.4, -0.2) is 17.1 Å². The van der Waals surface area contributed by atoms with Gasteiger partial charge in [0.1, 0.15) is 11.6 Å². The number of aromatic nitrogens is 2. The number of nitrogens with zero attached hydrogens (tertiary/aromatic N) is 2. The van der Waals surface area contributed by atoms with Gasteiger partial charge in [-0.2, -0.15) is 0 Å². The first-order valence-corrected chi connectivity index (χ1v) is 6.49. The van der Waals surface area contributed by atoms with E-state index >= 15 is 0 Å². The maximum atomic E-state index is 13.5. The molecule has 0 radical (unpaired) electrons. The first-order chi connectivity index (χ1) is 10.2. The van der Waals surface area contributed by atoms with E-state index in [0.717, 1.165) is 16.6 Å². The fourth-order valence-electron chi connectivity index (χ4n) is 2.30. The molecule has 0 spiro atoms. The summed E-state index contributed by atoms with van der Waals surface area (Å²) in [6, 6.07) is 9.39. The average Bonchev–Trinajstić information content (AvgIpc) is 2.53. The number of hydrogen-bond donors (Lipinski definition) is 1. The summed E-state index contributed by atoms with van der Waals surface area (Å²) in [6.45, 7) is 0. The Labute approximate surface area is 121 Å². The smallest absolute Gasteiger partial charge is 0.124 e. The Kier molecular flexibility index (Phi) is 3.50. The number of rotatable bonds is 3. The normalized spacial score (nSPS) is 12.3. The van der Waals surface area contributed by atoms with Gasteiger partial charge in [-0.15, -0.1) is 0 Å². The first kappa shape index (κ1) is 13.5. The molecule has 1 atom stereocenters. The fourth-order valence-corrected chi connectivity index (χ4v) is 2.30. The van der Waals surface area contributed by atoms with Crippen molar-refractivity contribution in [2.75, 3.05) is 7.11 Å². The molecule has 3 rings (SSSR count). The Morgan fingerprint density at radius 3 is 2.57 bits per heavy atom. The summed E-state index contributed by atoms with van der Waals surface area (Å²) >= 11 is 0. The molecule has 0 fully saturated rings. The molecule has 2 aromatic carbocycles. The maximum absolute atomic E-state index is 13.5. The van der Waals surface area contributed by atoms with Crippen molar-refractivity contribution in [3.8, 4) is 5.75 Å². The third-order valence-corrected chi connectivity index (χ3v) is 3.38. The van der Waals surface area contributed by atoms with Gasteiger partial charge in [0.25, 0.3) is 0 Å². The number of halogens is 1. The van der Waals surface area contributed by atoms with Crippen molar-refractivity contribution in [1.29, 1.82) is 0 Å². The molecule has 0 aliphatic carbocycles. The molecule has 0 saturated heterocycles. The van der Waals surface area contributed by atoms with E-state index in [1.807, 2.05) is 18.2 Å². The summed E-state index contributed by atoms with van der Waals surface area (Å²) in [5, 5.41) is 0. The van der Waals surface area contributed by atoms with Crippen LogP contribution in [0.5, 0.6) is 5.75 Å². The minimum Gasteiger partial charge on any atom is -0.496 e. The van der Waals surface area contributed by atoms with Crippen molar-refractivity contribution in [2.24, 2.45) is 5.73 Å². The standard InChI is InChI=1S/C16H14FN3O/c1-21-15-5-3-11(17)9-12(15)16(18)10-2-4-13-14(8-10)20-7-6-19-13/h2-9,16H,18H2,1H3. The molecular weight excluding hydrogens is 269 g/mol. The summed E-state index contributed by atoms with van der Waals surface area (Å²) in [7, 11) is 1.54. The number of benzene rings is 2. The van der Waals surface area contributed by atoms with E-state index in [1.54, 1.807) is 18.5 Å². The summed E-state index contributed by atoms with van der Waals surface area (Å²) in [5.74, 6) is 0.213. The molecule has 0 aliphatic rings. The predicted octanol–water partition coefficient (Wildman–Crippen LogP) is 2.83. The van der Waals surface area contributed by atoms with Gasteiger partial charge in [0, 0.05) is 18.0 Å². The van der Waals surface area contributed by atoms with E-state index in [-0.39, 0.29) is 5.82 Å². The number of methoxy groups -OCH3 is 1. The molecule has 0 aliphatic heterocycles. The minimum atomic E-state index is -0.498. The van der Waals surface area contributed by atoms with E-state index in [4.69, 9.17) is 10.5 Å². The molecule has 0 saturated carbocycles. The highest BCUT2D eigenvalue weighted by Gasteiger charge is 2.15. The van der Waals surface area contributed by atoms with Crippen molar-refractivity contribution < 1.29 is 9.13 Å². The highest BCUT2D eigenvalue weighted by atomic mass is 19.1. The molecule has 106 valence electrons. The molecule has 1 heterocycles. The van der Waals surface area contributed by atoms with Gasteiger partial charge in [0.05, 0.1) is 24.2 Å². The van der Waals surface area contributed by atoms with E-state index < -0.39 is 6.04 Å². The molecular formula is C16H14FN3O. The molecule has 1 aromatic heterocycles. The van der Waals surface area contributed by atoms with Gasteiger partial charge < -0.3 is 10.5 Å². The number of hydrogen-bond acceptors (Lipinski definition) is 4. The highest BCUT2D eigenvalue weighted by Crippen LogP contribution is 2.29. The zero-order valence-corrected chi connectivity index (χ0v) is 11.5. The molecule has 21 heavy (non-hydrogen) atoms. The Bertz CT molecular complexity index is 791. The van der Waals surface area contributed by atoms with Crippen molar-refractivity contribution in [1.82, 2.24) is 9.97 Å². The second-order valence-corrected chi connectivity index (χ2v) is 4.67. The lowest BCUT2D eigenvalue weighted by molar-refractivity contribution is 0.406. The molecule has 2 N–H and O–H groups in total. The van der Waals surface area contributed by atoms with E-state index in [2.05, 4.69) is 9.97 Å².